The van der Waals surface area contributed by atoms with Crippen LogP contribution in [0.2, 0.25) is 0 Å². The second-order valence-corrected chi connectivity index (χ2v) is 5.09. The lowest BCUT2D eigenvalue weighted by Crippen LogP contribution is -2.51. The van der Waals surface area contributed by atoms with Crippen molar-refractivity contribution < 1.29 is 4.74 Å². The van der Waals surface area contributed by atoms with Crippen molar-refractivity contribution in [2.45, 2.75) is 18.9 Å². The maximum Gasteiger partial charge on any atom is 0.122 e. The van der Waals surface area contributed by atoms with Gasteiger partial charge in [0, 0.05) is 43.7 Å². The number of fused-ring (bicyclic) bond motifs is 1. The van der Waals surface area contributed by atoms with Gasteiger partial charge in [0.1, 0.15) is 5.75 Å². The van der Waals surface area contributed by atoms with E-state index >= 15 is 0 Å². The summed E-state index contributed by atoms with van der Waals surface area (Å²) >= 11 is 0. The van der Waals surface area contributed by atoms with Crippen molar-refractivity contribution in [2.75, 3.05) is 32.8 Å². The van der Waals surface area contributed by atoms with Gasteiger partial charge >= 0.3 is 0 Å². The summed E-state index contributed by atoms with van der Waals surface area (Å²) in [6.45, 7) is 7.64. The Morgan fingerprint density at radius 2 is 2.29 bits per heavy atom. The Labute approximate surface area is 103 Å². The van der Waals surface area contributed by atoms with Gasteiger partial charge in [0.15, 0.2) is 0 Å². The maximum absolute atomic E-state index is 5.75. The Balaban J connectivity index is 1.70. The van der Waals surface area contributed by atoms with Gasteiger partial charge in [-0.25, -0.2) is 0 Å². The molecule has 1 fully saturated rings. The second-order valence-electron chi connectivity index (χ2n) is 5.09. The van der Waals surface area contributed by atoms with E-state index in [9.17, 15) is 0 Å². The molecule has 0 saturated carbocycles. The lowest BCUT2D eigenvalue weighted by atomic mass is 10.00. The van der Waals surface area contributed by atoms with Crippen molar-refractivity contribution in [1.82, 2.24) is 10.2 Å². The monoisotopic (exact) mass is 232 g/mol. The molecule has 92 valence electrons. The zero-order valence-electron chi connectivity index (χ0n) is 10.4. The average Bonchev–Trinajstić information content (AvgIpc) is 2.76. The molecule has 2 aliphatic heterocycles. The Hall–Kier alpha value is -1.06. The van der Waals surface area contributed by atoms with Crippen LogP contribution in [0.25, 0.3) is 0 Å². The van der Waals surface area contributed by atoms with E-state index in [2.05, 4.69) is 41.4 Å². The van der Waals surface area contributed by atoms with Gasteiger partial charge in [0.25, 0.3) is 0 Å². The molecule has 0 bridgehead atoms. The number of ether oxygens (including phenoxy) is 1. The van der Waals surface area contributed by atoms with Gasteiger partial charge in [0.05, 0.1) is 6.61 Å². The fraction of sp³-hybridized carbons (Fsp3) is 0.571. The Morgan fingerprint density at radius 3 is 3.18 bits per heavy atom. The van der Waals surface area contributed by atoms with Crippen molar-refractivity contribution >= 4 is 0 Å². The molecule has 0 aliphatic carbocycles. The van der Waals surface area contributed by atoms with Crippen LogP contribution in [0.5, 0.6) is 5.75 Å². The predicted octanol–water partition coefficient (Wildman–Crippen LogP) is 1.46. The first-order valence-corrected chi connectivity index (χ1v) is 6.51. The van der Waals surface area contributed by atoms with Gasteiger partial charge in [-0.1, -0.05) is 18.2 Å². The number of para-hydroxylation sites is 1. The first-order valence-electron chi connectivity index (χ1n) is 6.51. The van der Waals surface area contributed by atoms with Crippen LogP contribution >= 0.6 is 0 Å². The highest BCUT2D eigenvalue weighted by atomic mass is 16.5. The van der Waals surface area contributed by atoms with E-state index in [0.29, 0.717) is 12.0 Å². The second kappa shape index (κ2) is 4.67. The van der Waals surface area contributed by atoms with Gasteiger partial charge in [-0.15, -0.1) is 0 Å². The van der Waals surface area contributed by atoms with Crippen LogP contribution in [0.4, 0.5) is 0 Å². The number of hydrogen-bond acceptors (Lipinski definition) is 3. The van der Waals surface area contributed by atoms with Gasteiger partial charge in [-0.05, 0) is 13.0 Å². The quantitative estimate of drug-likeness (QED) is 0.835. The number of rotatable bonds is 2. The Morgan fingerprint density at radius 1 is 1.41 bits per heavy atom. The Bertz CT molecular complexity index is 394. The molecule has 0 spiro atoms. The lowest BCUT2D eigenvalue weighted by Gasteiger charge is -2.35. The molecule has 2 unspecified atom stereocenters. The summed E-state index contributed by atoms with van der Waals surface area (Å²) in [5.41, 5.74) is 1.39. The highest BCUT2D eigenvalue weighted by Crippen LogP contribution is 2.34. The number of nitrogens with one attached hydrogen (secondary N) is 1. The summed E-state index contributed by atoms with van der Waals surface area (Å²) in [5.74, 6) is 1.63. The molecule has 17 heavy (non-hydrogen) atoms. The molecule has 3 heteroatoms. The van der Waals surface area contributed by atoms with Crippen molar-refractivity contribution in [1.29, 1.82) is 0 Å². The summed E-state index contributed by atoms with van der Waals surface area (Å²) in [5, 5.41) is 3.44. The topological polar surface area (TPSA) is 24.5 Å². The van der Waals surface area contributed by atoms with Gasteiger partial charge < -0.3 is 10.1 Å². The minimum absolute atomic E-state index is 0.548. The summed E-state index contributed by atoms with van der Waals surface area (Å²) in [7, 11) is 0. The Kier molecular flexibility index (Phi) is 3.04. The van der Waals surface area contributed by atoms with Crippen LogP contribution in [-0.2, 0) is 0 Å². The van der Waals surface area contributed by atoms with Crippen LogP contribution in [-0.4, -0.2) is 43.7 Å². The molecule has 0 aromatic heterocycles. The molecule has 1 N–H and O–H groups in total. The van der Waals surface area contributed by atoms with Gasteiger partial charge in [-0.2, -0.15) is 0 Å². The zero-order chi connectivity index (χ0) is 11.7. The minimum atomic E-state index is 0.548. The van der Waals surface area contributed by atoms with E-state index in [1.54, 1.807) is 0 Å². The molecule has 2 atom stereocenters. The molecule has 1 aromatic rings. The van der Waals surface area contributed by atoms with Crippen molar-refractivity contribution in [2.24, 2.45) is 0 Å². The third-order valence-electron chi connectivity index (χ3n) is 3.89. The van der Waals surface area contributed by atoms with Crippen molar-refractivity contribution in [3.8, 4) is 5.75 Å². The summed E-state index contributed by atoms with van der Waals surface area (Å²) in [6, 6.07) is 9.09. The predicted molar refractivity (Wildman–Crippen MR) is 68.6 cm³/mol. The van der Waals surface area contributed by atoms with E-state index in [1.807, 2.05) is 0 Å². The molecule has 2 heterocycles. The highest BCUT2D eigenvalue weighted by Gasteiger charge is 2.28. The van der Waals surface area contributed by atoms with Crippen molar-refractivity contribution in [3.05, 3.63) is 29.8 Å². The normalized spacial score (nSPS) is 28.8. The van der Waals surface area contributed by atoms with Crippen molar-refractivity contribution in [3.63, 3.8) is 0 Å². The van der Waals surface area contributed by atoms with E-state index in [4.69, 9.17) is 4.74 Å². The third kappa shape index (κ3) is 2.17. The fourth-order valence-corrected chi connectivity index (χ4v) is 2.82. The van der Waals surface area contributed by atoms with E-state index in [-0.39, 0.29) is 0 Å². The molecule has 1 saturated heterocycles. The number of hydrogen-bond donors (Lipinski definition) is 1. The summed E-state index contributed by atoms with van der Waals surface area (Å²) < 4.78 is 5.75. The highest BCUT2D eigenvalue weighted by molar-refractivity contribution is 5.39. The van der Waals surface area contributed by atoms with Crippen LogP contribution in [0, 0.1) is 0 Å². The van der Waals surface area contributed by atoms with Gasteiger partial charge in [-0.3, -0.25) is 4.90 Å². The average molecular weight is 232 g/mol. The number of benzene rings is 1. The van der Waals surface area contributed by atoms with Gasteiger partial charge in [0.2, 0.25) is 0 Å². The lowest BCUT2D eigenvalue weighted by molar-refractivity contribution is 0.156. The SMILES string of the molecule is CC1CNCCN1CC1COc2ccccc21. The number of piperazine rings is 1. The third-order valence-corrected chi connectivity index (χ3v) is 3.89. The molecular formula is C14H20N2O. The summed E-state index contributed by atoms with van der Waals surface area (Å²) in [4.78, 5) is 2.58. The molecule has 3 rings (SSSR count). The van der Waals surface area contributed by atoms with E-state index in [0.717, 1.165) is 38.5 Å². The molecule has 1 aromatic carbocycles. The van der Waals surface area contributed by atoms with Crippen LogP contribution in [0.15, 0.2) is 24.3 Å². The molecule has 3 nitrogen and oxygen atoms in total. The van der Waals surface area contributed by atoms with E-state index < -0.39 is 0 Å². The zero-order valence-corrected chi connectivity index (χ0v) is 10.4. The first kappa shape index (κ1) is 11.1. The molecular weight excluding hydrogens is 212 g/mol. The maximum atomic E-state index is 5.75. The minimum Gasteiger partial charge on any atom is -0.493 e. The van der Waals surface area contributed by atoms with E-state index in [1.165, 1.54) is 5.56 Å². The summed E-state index contributed by atoms with van der Waals surface area (Å²) in [6.07, 6.45) is 0. The molecule has 0 radical (unpaired) electrons. The van der Waals surface area contributed by atoms with Crippen LogP contribution in [0.3, 0.4) is 0 Å². The fourth-order valence-electron chi connectivity index (χ4n) is 2.82. The van der Waals surface area contributed by atoms with Crippen LogP contribution in [0.1, 0.15) is 18.4 Å². The molecule has 2 aliphatic rings. The standard InChI is InChI=1S/C14H20N2O/c1-11-8-15-6-7-16(11)9-12-10-17-14-5-3-2-4-13(12)14/h2-5,11-12,15H,6-10H2,1H3. The van der Waals surface area contributed by atoms with Crippen LogP contribution < -0.4 is 10.1 Å². The smallest absolute Gasteiger partial charge is 0.122 e. The molecule has 0 amide bonds. The number of nitrogens with zero attached hydrogens (tertiary/aromatic N) is 1. The largest absolute Gasteiger partial charge is 0.493 e. The first-order chi connectivity index (χ1) is 8.34.